The number of rotatable bonds is 5. The molecule has 3 aromatic rings. The van der Waals surface area contributed by atoms with E-state index in [2.05, 4.69) is 20.9 Å². The molecule has 0 spiro atoms. The molecule has 8 heteroatoms. The highest BCUT2D eigenvalue weighted by atomic mass is 16.3. The van der Waals surface area contributed by atoms with E-state index in [9.17, 15) is 14.7 Å². The molecular formula is C18H17N5O3. The maximum atomic E-state index is 12.1. The quantitative estimate of drug-likeness (QED) is 0.602. The van der Waals surface area contributed by atoms with E-state index in [1.54, 1.807) is 30.6 Å². The van der Waals surface area contributed by atoms with Gasteiger partial charge < -0.3 is 5.11 Å². The number of hydrogen-bond acceptors (Lipinski definition) is 5. The Morgan fingerprint density at radius 1 is 1.08 bits per heavy atom. The Balaban J connectivity index is 1.55. The molecule has 2 heterocycles. The van der Waals surface area contributed by atoms with Crippen LogP contribution in [-0.2, 0) is 11.2 Å². The molecule has 0 saturated carbocycles. The lowest BCUT2D eigenvalue weighted by Crippen LogP contribution is -2.42. The van der Waals surface area contributed by atoms with Gasteiger partial charge in [0, 0.05) is 18.8 Å². The van der Waals surface area contributed by atoms with Gasteiger partial charge in [-0.25, -0.2) is 4.68 Å². The lowest BCUT2D eigenvalue weighted by molar-refractivity contribution is -0.121. The van der Waals surface area contributed by atoms with Crippen LogP contribution in [0.2, 0.25) is 0 Å². The van der Waals surface area contributed by atoms with E-state index in [-0.39, 0.29) is 23.8 Å². The fourth-order valence-corrected chi connectivity index (χ4v) is 2.29. The molecule has 0 aliphatic carbocycles. The zero-order chi connectivity index (χ0) is 18.4. The summed E-state index contributed by atoms with van der Waals surface area (Å²) in [7, 11) is 0. The van der Waals surface area contributed by atoms with E-state index in [0.29, 0.717) is 12.1 Å². The van der Waals surface area contributed by atoms with E-state index in [4.69, 9.17) is 0 Å². The third-order valence-electron chi connectivity index (χ3n) is 3.61. The summed E-state index contributed by atoms with van der Waals surface area (Å²) >= 11 is 0. The number of para-hydroxylation sites is 1. The second-order valence-electron chi connectivity index (χ2n) is 5.51. The van der Waals surface area contributed by atoms with Gasteiger partial charge in [0.05, 0.1) is 11.9 Å². The van der Waals surface area contributed by atoms with Gasteiger partial charge in [-0.3, -0.25) is 25.4 Å². The first kappa shape index (κ1) is 17.2. The maximum absolute atomic E-state index is 12.1. The summed E-state index contributed by atoms with van der Waals surface area (Å²) in [5.74, 6) is -1.34. The van der Waals surface area contributed by atoms with Crippen molar-refractivity contribution in [2.75, 3.05) is 0 Å². The first-order chi connectivity index (χ1) is 12.6. The molecule has 8 nitrogen and oxygen atoms in total. The Labute approximate surface area is 149 Å². The van der Waals surface area contributed by atoms with Crippen molar-refractivity contribution in [1.29, 1.82) is 0 Å². The molecule has 2 aromatic heterocycles. The average Bonchev–Trinajstić information content (AvgIpc) is 3.08. The van der Waals surface area contributed by atoms with Crippen LogP contribution in [0.15, 0.2) is 61.1 Å². The van der Waals surface area contributed by atoms with Crippen LogP contribution in [0.3, 0.4) is 0 Å². The molecule has 0 unspecified atom stereocenters. The number of nitrogens with one attached hydrogen (secondary N) is 2. The van der Waals surface area contributed by atoms with E-state index >= 15 is 0 Å². The van der Waals surface area contributed by atoms with Crippen molar-refractivity contribution < 1.29 is 14.7 Å². The number of amides is 2. The first-order valence-corrected chi connectivity index (χ1v) is 7.95. The van der Waals surface area contributed by atoms with E-state index in [1.807, 2.05) is 24.3 Å². The van der Waals surface area contributed by atoms with Crippen LogP contribution >= 0.6 is 0 Å². The molecule has 132 valence electrons. The number of hydrazine groups is 1. The third-order valence-corrected chi connectivity index (χ3v) is 3.61. The van der Waals surface area contributed by atoms with Crippen LogP contribution in [0, 0.1) is 0 Å². The summed E-state index contributed by atoms with van der Waals surface area (Å²) in [4.78, 5) is 27.9. The smallest absolute Gasteiger partial charge is 0.294 e. The molecule has 3 N–H and O–H groups in total. The monoisotopic (exact) mass is 351 g/mol. The molecule has 0 aliphatic rings. The van der Waals surface area contributed by atoms with Crippen molar-refractivity contribution in [3.05, 3.63) is 72.3 Å². The predicted molar refractivity (Wildman–Crippen MR) is 93.4 cm³/mol. The van der Waals surface area contributed by atoms with Crippen molar-refractivity contribution in [3.63, 3.8) is 0 Å². The number of benzene rings is 1. The predicted octanol–water partition coefficient (Wildman–Crippen LogP) is 1.37. The SMILES string of the molecule is O=C(CCc1cccnc1)NNC(=O)c1nn(-c2ccccc2)cc1O. The Hall–Kier alpha value is -3.68. The summed E-state index contributed by atoms with van der Waals surface area (Å²) < 4.78 is 1.38. The zero-order valence-corrected chi connectivity index (χ0v) is 13.8. The van der Waals surface area contributed by atoms with Gasteiger partial charge in [-0.2, -0.15) is 5.10 Å². The average molecular weight is 351 g/mol. The van der Waals surface area contributed by atoms with Crippen molar-refractivity contribution in [3.8, 4) is 11.4 Å². The molecule has 3 rings (SSSR count). The van der Waals surface area contributed by atoms with E-state index in [1.165, 1.54) is 10.9 Å². The minimum absolute atomic E-state index is 0.179. The summed E-state index contributed by atoms with van der Waals surface area (Å²) in [6.45, 7) is 0. The number of carbonyl (C=O) groups excluding carboxylic acids is 2. The molecule has 0 radical (unpaired) electrons. The molecule has 0 aliphatic heterocycles. The molecule has 0 fully saturated rings. The Kier molecular flexibility index (Phi) is 5.23. The molecular weight excluding hydrogens is 334 g/mol. The maximum Gasteiger partial charge on any atom is 0.294 e. The number of carbonyl (C=O) groups is 2. The summed E-state index contributed by atoms with van der Waals surface area (Å²) in [6.07, 6.45) is 5.36. The third kappa shape index (κ3) is 4.23. The number of aromatic hydroxyl groups is 1. The van der Waals surface area contributed by atoms with Crippen LogP contribution in [0.25, 0.3) is 5.69 Å². The van der Waals surface area contributed by atoms with Crippen molar-refractivity contribution in [2.45, 2.75) is 12.8 Å². The van der Waals surface area contributed by atoms with Crippen molar-refractivity contribution >= 4 is 11.8 Å². The zero-order valence-electron chi connectivity index (χ0n) is 13.8. The van der Waals surface area contributed by atoms with Crippen LogP contribution in [-0.4, -0.2) is 31.7 Å². The van der Waals surface area contributed by atoms with Gasteiger partial charge in [0.2, 0.25) is 5.91 Å². The van der Waals surface area contributed by atoms with E-state index < -0.39 is 5.91 Å². The minimum atomic E-state index is -0.702. The van der Waals surface area contributed by atoms with Crippen LogP contribution in [0.5, 0.6) is 5.75 Å². The van der Waals surface area contributed by atoms with Gasteiger partial charge in [0.1, 0.15) is 0 Å². The largest absolute Gasteiger partial charge is 0.504 e. The Bertz CT molecular complexity index is 894. The van der Waals surface area contributed by atoms with Crippen molar-refractivity contribution in [1.82, 2.24) is 25.6 Å². The fourth-order valence-electron chi connectivity index (χ4n) is 2.29. The van der Waals surface area contributed by atoms with Gasteiger partial charge in [-0.1, -0.05) is 24.3 Å². The minimum Gasteiger partial charge on any atom is -0.504 e. The molecule has 26 heavy (non-hydrogen) atoms. The standard InChI is InChI=1S/C18H17N5O3/c24-15-12-23(14-6-2-1-3-7-14)22-17(15)18(26)21-20-16(25)9-8-13-5-4-10-19-11-13/h1-7,10-12,24H,8-9H2,(H,20,25)(H,21,26). The Morgan fingerprint density at radius 3 is 2.62 bits per heavy atom. The highest BCUT2D eigenvalue weighted by Crippen LogP contribution is 2.17. The number of pyridine rings is 1. The molecule has 1 aromatic carbocycles. The number of aryl methyl sites for hydroxylation is 1. The van der Waals surface area contributed by atoms with Gasteiger partial charge in [0.15, 0.2) is 11.4 Å². The second kappa shape index (κ2) is 7.93. The lowest BCUT2D eigenvalue weighted by Gasteiger charge is -2.06. The fraction of sp³-hybridized carbons (Fsp3) is 0.111. The number of hydrogen-bond donors (Lipinski definition) is 3. The summed E-state index contributed by atoms with van der Waals surface area (Å²) in [6, 6.07) is 12.7. The normalized spacial score (nSPS) is 10.3. The van der Waals surface area contributed by atoms with Crippen LogP contribution < -0.4 is 10.9 Å². The molecule has 2 amide bonds. The molecule has 0 bridgehead atoms. The lowest BCUT2D eigenvalue weighted by atomic mass is 10.1. The summed E-state index contributed by atoms with van der Waals surface area (Å²) in [5.41, 5.74) is 6.00. The van der Waals surface area contributed by atoms with Crippen molar-refractivity contribution in [2.24, 2.45) is 0 Å². The highest BCUT2D eigenvalue weighted by molar-refractivity contribution is 5.95. The van der Waals surface area contributed by atoms with Gasteiger partial charge in [-0.05, 0) is 30.2 Å². The van der Waals surface area contributed by atoms with Gasteiger partial charge >= 0.3 is 0 Å². The number of nitrogens with zero attached hydrogens (tertiary/aromatic N) is 3. The molecule has 0 saturated heterocycles. The Morgan fingerprint density at radius 2 is 1.88 bits per heavy atom. The van der Waals surface area contributed by atoms with Gasteiger partial charge in [0.25, 0.3) is 5.91 Å². The summed E-state index contributed by atoms with van der Waals surface area (Å²) in [5, 5.41) is 14.0. The second-order valence-corrected chi connectivity index (χ2v) is 5.51. The first-order valence-electron chi connectivity index (χ1n) is 7.95. The van der Waals surface area contributed by atoms with Crippen LogP contribution in [0.4, 0.5) is 0 Å². The van der Waals surface area contributed by atoms with Crippen LogP contribution in [0.1, 0.15) is 22.5 Å². The van der Waals surface area contributed by atoms with E-state index in [0.717, 1.165) is 5.56 Å². The highest BCUT2D eigenvalue weighted by Gasteiger charge is 2.17. The number of aromatic nitrogens is 3. The van der Waals surface area contributed by atoms with Gasteiger partial charge in [-0.15, -0.1) is 0 Å². The molecule has 0 atom stereocenters. The topological polar surface area (TPSA) is 109 Å².